The number of nitrogens with zero attached hydrogens (tertiary/aromatic N) is 2. The Hall–Kier alpha value is -2.10. The molecule has 0 saturated heterocycles. The Kier molecular flexibility index (Phi) is 5.93. The SMILES string of the molecule is Cc1cc(OCC(=O)N2N=C(c3cccc(Br)c3)C[C@]2(O)C(F)(F)F)ccc1Cl. The predicted molar refractivity (Wildman–Crippen MR) is 105 cm³/mol. The largest absolute Gasteiger partial charge is 0.484 e. The zero-order chi connectivity index (χ0) is 21.4. The van der Waals surface area contributed by atoms with Gasteiger partial charge in [0.15, 0.2) is 6.61 Å². The summed E-state index contributed by atoms with van der Waals surface area (Å²) in [5.74, 6) is -0.881. The zero-order valence-corrected chi connectivity index (χ0v) is 17.3. The van der Waals surface area contributed by atoms with E-state index in [1.807, 2.05) is 0 Å². The predicted octanol–water partition coefficient (Wildman–Crippen LogP) is 4.68. The van der Waals surface area contributed by atoms with Gasteiger partial charge in [-0.3, -0.25) is 4.79 Å². The van der Waals surface area contributed by atoms with Crippen LogP contribution in [0.4, 0.5) is 13.2 Å². The van der Waals surface area contributed by atoms with E-state index in [1.165, 1.54) is 6.07 Å². The van der Waals surface area contributed by atoms with Crippen molar-refractivity contribution >= 4 is 39.1 Å². The molecule has 154 valence electrons. The smallest absolute Gasteiger partial charge is 0.438 e. The van der Waals surface area contributed by atoms with Crippen LogP contribution in [-0.4, -0.2) is 40.2 Å². The first-order valence-electron chi connectivity index (χ1n) is 8.36. The molecule has 29 heavy (non-hydrogen) atoms. The highest BCUT2D eigenvalue weighted by Gasteiger charge is 2.63. The molecule has 0 aliphatic carbocycles. The molecule has 1 heterocycles. The Labute approximate surface area is 177 Å². The lowest BCUT2D eigenvalue weighted by atomic mass is 10.0. The van der Waals surface area contributed by atoms with E-state index in [0.29, 0.717) is 20.6 Å². The van der Waals surface area contributed by atoms with Crippen molar-refractivity contribution in [1.29, 1.82) is 0 Å². The van der Waals surface area contributed by atoms with Gasteiger partial charge in [0.1, 0.15) is 5.75 Å². The summed E-state index contributed by atoms with van der Waals surface area (Å²) in [6.07, 6.45) is -6.00. The second-order valence-electron chi connectivity index (χ2n) is 6.45. The van der Waals surface area contributed by atoms with Gasteiger partial charge >= 0.3 is 6.18 Å². The molecule has 1 atom stereocenters. The van der Waals surface area contributed by atoms with E-state index in [9.17, 15) is 23.1 Å². The molecule has 2 aromatic rings. The van der Waals surface area contributed by atoms with Gasteiger partial charge in [0.2, 0.25) is 0 Å². The molecule has 10 heteroatoms. The van der Waals surface area contributed by atoms with Gasteiger partial charge in [-0.2, -0.15) is 23.3 Å². The topological polar surface area (TPSA) is 62.1 Å². The van der Waals surface area contributed by atoms with E-state index < -0.39 is 30.8 Å². The van der Waals surface area contributed by atoms with Gasteiger partial charge in [-0.1, -0.05) is 39.7 Å². The fourth-order valence-corrected chi connectivity index (χ4v) is 3.29. The van der Waals surface area contributed by atoms with E-state index in [2.05, 4.69) is 21.0 Å². The lowest BCUT2D eigenvalue weighted by Crippen LogP contribution is -2.57. The number of hydrogen-bond acceptors (Lipinski definition) is 4. The molecule has 5 nitrogen and oxygen atoms in total. The van der Waals surface area contributed by atoms with Crippen LogP contribution in [0.1, 0.15) is 17.5 Å². The Morgan fingerprint density at radius 2 is 2.07 bits per heavy atom. The van der Waals surface area contributed by atoms with Crippen molar-refractivity contribution < 1.29 is 27.8 Å². The molecule has 0 fully saturated rings. The summed E-state index contributed by atoms with van der Waals surface area (Å²) in [7, 11) is 0. The van der Waals surface area contributed by atoms with Crippen molar-refractivity contribution in [3.8, 4) is 5.75 Å². The van der Waals surface area contributed by atoms with Gasteiger partial charge in [-0.05, 0) is 48.4 Å². The number of hydrazone groups is 1. The lowest BCUT2D eigenvalue weighted by molar-refractivity contribution is -0.302. The van der Waals surface area contributed by atoms with Crippen LogP contribution in [-0.2, 0) is 4.79 Å². The molecule has 0 saturated carbocycles. The number of aryl methyl sites for hydroxylation is 1. The average Bonchev–Trinajstić information content (AvgIpc) is 3.01. The number of benzene rings is 2. The van der Waals surface area contributed by atoms with Gasteiger partial charge < -0.3 is 9.84 Å². The van der Waals surface area contributed by atoms with Crippen LogP contribution in [0.15, 0.2) is 52.0 Å². The van der Waals surface area contributed by atoms with Crippen LogP contribution >= 0.6 is 27.5 Å². The van der Waals surface area contributed by atoms with Crippen molar-refractivity contribution in [2.24, 2.45) is 5.10 Å². The summed E-state index contributed by atoms with van der Waals surface area (Å²) in [6.45, 7) is 0.975. The van der Waals surface area contributed by atoms with E-state index in [-0.39, 0.29) is 16.5 Å². The summed E-state index contributed by atoms with van der Waals surface area (Å²) in [5.41, 5.74) is -2.49. The standard InChI is InChI=1S/C19H15BrClF3N2O3/c1-11-7-14(5-6-15(11)21)29-10-17(27)26-18(28,19(22,23)24)9-16(25-26)12-3-2-4-13(20)8-12/h2-8,28H,9-10H2,1H3/t18-/m0/s1. The second-order valence-corrected chi connectivity index (χ2v) is 7.78. The number of alkyl halides is 3. The quantitative estimate of drug-likeness (QED) is 0.676. The maximum absolute atomic E-state index is 13.6. The van der Waals surface area contributed by atoms with Crippen molar-refractivity contribution in [3.05, 3.63) is 63.1 Å². The Morgan fingerprint density at radius 1 is 1.34 bits per heavy atom. The Bertz CT molecular complexity index is 983. The van der Waals surface area contributed by atoms with Crippen LogP contribution in [0, 0.1) is 6.92 Å². The number of hydrogen-bond donors (Lipinski definition) is 1. The average molecular weight is 492 g/mol. The van der Waals surface area contributed by atoms with Crippen molar-refractivity contribution in [3.63, 3.8) is 0 Å². The summed E-state index contributed by atoms with van der Waals surface area (Å²) < 4.78 is 46.7. The Balaban J connectivity index is 1.85. The van der Waals surface area contributed by atoms with Crippen LogP contribution in [0.25, 0.3) is 0 Å². The van der Waals surface area contributed by atoms with Crippen molar-refractivity contribution in [1.82, 2.24) is 5.01 Å². The van der Waals surface area contributed by atoms with Crippen molar-refractivity contribution in [2.75, 3.05) is 6.61 Å². The van der Waals surface area contributed by atoms with Crippen molar-refractivity contribution in [2.45, 2.75) is 25.2 Å². The van der Waals surface area contributed by atoms with E-state index in [4.69, 9.17) is 16.3 Å². The van der Waals surface area contributed by atoms with Gasteiger partial charge in [0.25, 0.3) is 11.6 Å². The second kappa shape index (κ2) is 7.97. The van der Waals surface area contributed by atoms with Crippen LogP contribution in [0.3, 0.4) is 0 Å². The number of aliphatic hydroxyl groups is 1. The highest BCUT2D eigenvalue weighted by Crippen LogP contribution is 2.41. The third-order valence-corrected chi connectivity index (χ3v) is 5.24. The molecule has 2 aromatic carbocycles. The minimum absolute atomic E-state index is 0.0476. The first-order valence-corrected chi connectivity index (χ1v) is 9.53. The number of amides is 1. The molecule has 0 radical (unpaired) electrons. The van der Waals surface area contributed by atoms with E-state index in [0.717, 1.165) is 0 Å². The molecule has 1 amide bonds. The molecular formula is C19H15BrClF3N2O3. The molecule has 0 aromatic heterocycles. The zero-order valence-electron chi connectivity index (χ0n) is 15.0. The molecule has 3 rings (SSSR count). The summed E-state index contributed by atoms with van der Waals surface area (Å²) in [5, 5.41) is 14.6. The minimum Gasteiger partial charge on any atom is -0.484 e. The normalized spacial score (nSPS) is 19.3. The molecule has 1 N–H and O–H groups in total. The number of carbonyl (C=O) groups is 1. The maximum Gasteiger partial charge on any atom is 0.438 e. The highest BCUT2D eigenvalue weighted by molar-refractivity contribution is 9.10. The molecule has 0 spiro atoms. The minimum atomic E-state index is -5.11. The van der Waals surface area contributed by atoms with Gasteiger partial charge in [-0.15, -0.1) is 0 Å². The van der Waals surface area contributed by atoms with Crippen LogP contribution in [0.2, 0.25) is 5.02 Å². The maximum atomic E-state index is 13.6. The first kappa shape index (κ1) is 21.6. The lowest BCUT2D eigenvalue weighted by Gasteiger charge is -2.32. The number of rotatable bonds is 4. The molecule has 1 aliphatic heterocycles. The number of carbonyl (C=O) groups excluding carboxylic acids is 1. The third kappa shape index (κ3) is 4.41. The molecular weight excluding hydrogens is 477 g/mol. The fourth-order valence-electron chi connectivity index (χ4n) is 2.77. The fraction of sp³-hybridized carbons (Fsp3) is 0.263. The number of ether oxygens (including phenoxy) is 1. The molecule has 0 bridgehead atoms. The van der Waals surface area contributed by atoms with Crippen LogP contribution in [0.5, 0.6) is 5.75 Å². The third-order valence-electron chi connectivity index (χ3n) is 4.32. The van der Waals surface area contributed by atoms with E-state index >= 15 is 0 Å². The highest BCUT2D eigenvalue weighted by atomic mass is 79.9. The Morgan fingerprint density at radius 3 is 2.69 bits per heavy atom. The molecule has 0 unspecified atom stereocenters. The summed E-state index contributed by atoms with van der Waals surface area (Å²) in [6, 6.07) is 11.0. The van der Waals surface area contributed by atoms with Gasteiger partial charge in [0.05, 0.1) is 12.1 Å². The molecule has 1 aliphatic rings. The monoisotopic (exact) mass is 490 g/mol. The first-order chi connectivity index (χ1) is 13.5. The summed E-state index contributed by atoms with van der Waals surface area (Å²) in [4.78, 5) is 12.5. The van der Waals surface area contributed by atoms with Gasteiger partial charge in [-0.25, -0.2) is 0 Å². The summed E-state index contributed by atoms with van der Waals surface area (Å²) >= 11 is 9.14. The van der Waals surface area contributed by atoms with Crippen LogP contribution < -0.4 is 4.74 Å². The van der Waals surface area contributed by atoms with Gasteiger partial charge in [0, 0.05) is 9.50 Å². The van der Waals surface area contributed by atoms with E-state index in [1.54, 1.807) is 43.3 Å². The number of halogens is 5.